The van der Waals surface area contributed by atoms with Gasteiger partial charge in [0, 0.05) is 10.9 Å². The molecular formula is C40H26ClF8N3O5. The highest BCUT2D eigenvalue weighted by molar-refractivity contribution is 6.30. The van der Waals surface area contributed by atoms with Gasteiger partial charge in [-0.25, -0.2) is 13.7 Å². The number of benzene rings is 4. The van der Waals surface area contributed by atoms with E-state index in [1.54, 1.807) is 0 Å². The molecule has 2 saturated heterocycles. The van der Waals surface area contributed by atoms with Crippen molar-refractivity contribution < 1.29 is 59.4 Å². The van der Waals surface area contributed by atoms with Crippen molar-refractivity contribution in [3.63, 3.8) is 0 Å². The maximum absolute atomic E-state index is 15.3. The number of anilines is 2. The van der Waals surface area contributed by atoms with E-state index in [-0.39, 0.29) is 58.5 Å². The standard InChI is InChI=1S/C40H26ClF8N3O5/c41-22-4-2-19(3-5-22)38-29(35(55)52(37(38)57)50-24-8-6-23(42)7-9-24)17-28-26(33(38)18-1-12-31(53)30(43)13-18)10-11-27-32(28)36(56)51(34(27)54)25-15-20(39(44,45)46)14-21(16-25)40(47,48)49/h1-10,12-16,27-29,32-33,50,53H,11,17H2. The molecule has 0 bridgehead atoms. The maximum atomic E-state index is 15.3. The van der Waals surface area contributed by atoms with Crippen LogP contribution in [-0.2, 0) is 36.9 Å². The minimum absolute atomic E-state index is 0.0609. The van der Waals surface area contributed by atoms with Crippen molar-refractivity contribution in [1.82, 2.24) is 5.01 Å². The van der Waals surface area contributed by atoms with Gasteiger partial charge in [0.15, 0.2) is 11.6 Å². The molecule has 2 aliphatic carbocycles. The second kappa shape index (κ2) is 13.1. The van der Waals surface area contributed by atoms with Crippen molar-refractivity contribution in [1.29, 1.82) is 0 Å². The minimum atomic E-state index is -5.28. The number of amides is 4. The summed E-state index contributed by atoms with van der Waals surface area (Å²) in [6.07, 6.45) is -9.63. The van der Waals surface area contributed by atoms with E-state index in [0.717, 1.165) is 29.3 Å². The highest BCUT2D eigenvalue weighted by Crippen LogP contribution is 2.64. The lowest BCUT2D eigenvalue weighted by Gasteiger charge is -2.50. The molecule has 6 atom stereocenters. The molecule has 6 unspecified atom stereocenters. The number of phenolic OH excluding ortho intramolecular Hbond substituents is 1. The van der Waals surface area contributed by atoms with Gasteiger partial charge in [-0.1, -0.05) is 41.4 Å². The molecule has 0 spiro atoms. The molecule has 4 aromatic rings. The summed E-state index contributed by atoms with van der Waals surface area (Å²) < 4.78 is 112. The van der Waals surface area contributed by atoms with Crippen LogP contribution >= 0.6 is 11.6 Å². The van der Waals surface area contributed by atoms with Crippen LogP contribution in [0, 0.1) is 35.3 Å². The Bertz CT molecular complexity index is 2370. The van der Waals surface area contributed by atoms with Gasteiger partial charge in [-0.2, -0.15) is 31.4 Å². The third-order valence-electron chi connectivity index (χ3n) is 11.4. The van der Waals surface area contributed by atoms with Crippen LogP contribution in [0.15, 0.2) is 96.6 Å². The molecule has 3 fully saturated rings. The molecule has 2 aliphatic heterocycles. The predicted octanol–water partition coefficient (Wildman–Crippen LogP) is 8.55. The van der Waals surface area contributed by atoms with Gasteiger partial charge in [0.2, 0.25) is 11.8 Å². The van der Waals surface area contributed by atoms with Crippen LogP contribution in [0.2, 0.25) is 5.02 Å². The summed E-state index contributed by atoms with van der Waals surface area (Å²) in [5, 5.41) is 11.1. The number of rotatable bonds is 5. The van der Waals surface area contributed by atoms with E-state index in [0.29, 0.717) is 4.90 Å². The smallest absolute Gasteiger partial charge is 0.416 e. The van der Waals surface area contributed by atoms with Gasteiger partial charge >= 0.3 is 12.4 Å². The molecule has 8 rings (SSSR count). The van der Waals surface area contributed by atoms with E-state index in [9.17, 15) is 50.2 Å². The monoisotopic (exact) mass is 815 g/mol. The Hall–Kier alpha value is -5.77. The first kappa shape index (κ1) is 38.1. The number of allylic oxidation sites excluding steroid dienone is 2. The van der Waals surface area contributed by atoms with Crippen molar-refractivity contribution in [2.45, 2.75) is 36.5 Å². The number of alkyl halides is 6. The molecule has 8 nitrogen and oxygen atoms in total. The SMILES string of the molecule is O=C1C2CC3C(=CCC4C(=O)N(c5cc(C(F)(F)F)cc(C(F)(F)F)c5)C(=O)C43)C(c3ccc(O)c(F)c3)C2(c2ccc(Cl)cc2)C(=O)N1Nc1ccc(F)cc1. The fourth-order valence-corrected chi connectivity index (χ4v) is 9.18. The largest absolute Gasteiger partial charge is 0.505 e. The van der Waals surface area contributed by atoms with Crippen LogP contribution in [0.25, 0.3) is 0 Å². The van der Waals surface area contributed by atoms with E-state index in [1.165, 1.54) is 48.5 Å². The zero-order valence-corrected chi connectivity index (χ0v) is 29.6. The second-order valence-electron chi connectivity index (χ2n) is 14.4. The van der Waals surface area contributed by atoms with Gasteiger partial charge in [0.1, 0.15) is 5.82 Å². The molecule has 0 radical (unpaired) electrons. The van der Waals surface area contributed by atoms with E-state index in [2.05, 4.69) is 5.43 Å². The van der Waals surface area contributed by atoms with Gasteiger partial charge in [0.25, 0.3) is 11.8 Å². The molecule has 4 aliphatic rings. The predicted molar refractivity (Wildman–Crippen MR) is 186 cm³/mol. The summed E-state index contributed by atoms with van der Waals surface area (Å²) in [5.41, 5.74) is -2.95. The third kappa shape index (κ3) is 5.94. The van der Waals surface area contributed by atoms with Crippen molar-refractivity contribution >= 4 is 46.6 Å². The van der Waals surface area contributed by atoms with Crippen LogP contribution < -0.4 is 10.3 Å². The zero-order chi connectivity index (χ0) is 40.9. The summed E-state index contributed by atoms with van der Waals surface area (Å²) in [5.74, 6) is -12.9. The van der Waals surface area contributed by atoms with Gasteiger partial charge < -0.3 is 5.11 Å². The summed E-state index contributed by atoms with van der Waals surface area (Å²) in [4.78, 5) is 58.5. The number of carbonyl (C=O) groups excluding carboxylic acids is 4. The summed E-state index contributed by atoms with van der Waals surface area (Å²) in [6.45, 7) is 0. The first-order valence-electron chi connectivity index (χ1n) is 17.3. The van der Waals surface area contributed by atoms with Gasteiger partial charge in [0.05, 0.1) is 45.7 Å². The molecule has 4 aromatic carbocycles. The van der Waals surface area contributed by atoms with Crippen LogP contribution in [0.5, 0.6) is 5.75 Å². The minimum Gasteiger partial charge on any atom is -0.505 e. The number of hydrogen-bond donors (Lipinski definition) is 2. The molecule has 2 N–H and O–H groups in total. The number of carbonyl (C=O) groups is 4. The Kier molecular flexibility index (Phi) is 8.79. The number of halogens is 9. The van der Waals surface area contributed by atoms with Gasteiger partial charge in [-0.3, -0.25) is 24.6 Å². The number of nitrogens with zero attached hydrogens (tertiary/aromatic N) is 2. The van der Waals surface area contributed by atoms with Crippen LogP contribution in [0.3, 0.4) is 0 Å². The highest BCUT2D eigenvalue weighted by atomic mass is 35.5. The molecule has 17 heteroatoms. The van der Waals surface area contributed by atoms with Crippen LogP contribution in [0.4, 0.5) is 46.5 Å². The Morgan fingerprint density at radius 1 is 0.754 bits per heavy atom. The Balaban J connectivity index is 1.31. The van der Waals surface area contributed by atoms with Gasteiger partial charge in [-0.05, 0) is 96.6 Å². The average molecular weight is 816 g/mol. The number of imide groups is 2. The van der Waals surface area contributed by atoms with Crippen LogP contribution in [-0.4, -0.2) is 33.7 Å². The first-order valence-corrected chi connectivity index (χ1v) is 17.7. The number of hydrazine groups is 1. The number of fused-ring (bicyclic) bond motifs is 4. The summed E-state index contributed by atoms with van der Waals surface area (Å²) >= 11 is 6.24. The fourth-order valence-electron chi connectivity index (χ4n) is 9.05. The summed E-state index contributed by atoms with van der Waals surface area (Å²) in [7, 11) is 0. The summed E-state index contributed by atoms with van der Waals surface area (Å²) in [6, 6.07) is 14.3. The fraction of sp³-hybridized carbons (Fsp3) is 0.250. The number of aromatic hydroxyl groups is 1. The van der Waals surface area contributed by atoms with Gasteiger partial charge in [-0.15, -0.1) is 0 Å². The Morgan fingerprint density at radius 2 is 1.39 bits per heavy atom. The average Bonchev–Trinajstić information content (AvgIpc) is 3.53. The lowest BCUT2D eigenvalue weighted by atomic mass is 9.49. The van der Waals surface area contributed by atoms with E-state index >= 15 is 9.18 Å². The van der Waals surface area contributed by atoms with E-state index < -0.39 is 105 Å². The van der Waals surface area contributed by atoms with Crippen molar-refractivity contribution in [2.75, 3.05) is 10.3 Å². The molecular weight excluding hydrogens is 790 g/mol. The molecule has 0 aromatic heterocycles. The van der Waals surface area contributed by atoms with Crippen molar-refractivity contribution in [3.8, 4) is 5.75 Å². The first-order chi connectivity index (χ1) is 26.8. The molecule has 2 heterocycles. The Morgan fingerprint density at radius 3 is 1.98 bits per heavy atom. The number of phenols is 1. The topological polar surface area (TPSA) is 107 Å². The number of nitrogens with one attached hydrogen (secondary N) is 1. The highest BCUT2D eigenvalue weighted by Gasteiger charge is 2.70. The van der Waals surface area contributed by atoms with Crippen molar-refractivity contribution in [3.05, 3.63) is 135 Å². The molecule has 294 valence electrons. The molecule has 1 saturated carbocycles. The lowest BCUT2D eigenvalue weighted by molar-refractivity contribution is -0.143. The van der Waals surface area contributed by atoms with E-state index in [4.69, 9.17) is 11.6 Å². The second-order valence-corrected chi connectivity index (χ2v) is 14.8. The third-order valence-corrected chi connectivity index (χ3v) is 11.6. The lowest BCUT2D eigenvalue weighted by Crippen LogP contribution is -2.53. The van der Waals surface area contributed by atoms with E-state index in [1.807, 2.05) is 0 Å². The van der Waals surface area contributed by atoms with Crippen molar-refractivity contribution in [2.24, 2.45) is 23.7 Å². The number of hydrogen-bond acceptors (Lipinski definition) is 6. The molecule has 4 amide bonds. The zero-order valence-electron chi connectivity index (χ0n) is 28.8. The normalized spacial score (nSPS) is 26.0. The Labute approximate surface area is 322 Å². The quantitative estimate of drug-likeness (QED) is 0.119. The van der Waals surface area contributed by atoms with Crippen LogP contribution in [0.1, 0.15) is 41.0 Å². The molecule has 57 heavy (non-hydrogen) atoms. The maximum Gasteiger partial charge on any atom is 0.416 e.